The minimum absolute atomic E-state index is 0.939. The van der Waals surface area contributed by atoms with E-state index in [1.807, 2.05) is 18.3 Å². The molecule has 47 heavy (non-hydrogen) atoms. The Morgan fingerprint density at radius 1 is 0.468 bits per heavy atom. The number of hydrogen-bond acceptors (Lipinski definition) is 2. The molecule has 0 fully saturated rings. The fourth-order valence-corrected chi connectivity index (χ4v) is 6.97. The number of hydrogen-bond donors (Lipinski definition) is 0. The summed E-state index contributed by atoms with van der Waals surface area (Å²) in [5, 5.41) is 2.41. The van der Waals surface area contributed by atoms with Gasteiger partial charge in [-0.05, 0) is 65.2 Å². The van der Waals surface area contributed by atoms with Gasteiger partial charge in [-0.3, -0.25) is 4.98 Å². The van der Waals surface area contributed by atoms with Crippen LogP contribution in [0.4, 0.5) is 0 Å². The van der Waals surface area contributed by atoms with Gasteiger partial charge in [0.05, 0.1) is 33.4 Å². The Hall–Kier alpha value is -6.26. The van der Waals surface area contributed by atoms with Crippen molar-refractivity contribution in [3.8, 4) is 50.6 Å². The molecule has 0 spiro atoms. The van der Waals surface area contributed by atoms with Crippen molar-refractivity contribution in [1.82, 2.24) is 19.1 Å². The Labute approximate surface area is 272 Å². The normalized spacial score (nSPS) is 11.5. The molecule has 0 saturated heterocycles. The van der Waals surface area contributed by atoms with Crippen molar-refractivity contribution in [3.63, 3.8) is 0 Å². The predicted molar refractivity (Wildman–Crippen MR) is 195 cm³/mol. The first kappa shape index (κ1) is 27.1. The zero-order valence-electron chi connectivity index (χ0n) is 25.9. The van der Waals surface area contributed by atoms with Gasteiger partial charge in [0.25, 0.3) is 0 Å². The number of nitrogens with zero attached hydrogens (tertiary/aromatic N) is 4. The highest BCUT2D eigenvalue weighted by Gasteiger charge is 2.22. The highest BCUT2D eigenvalue weighted by molar-refractivity contribution is 6.13. The van der Waals surface area contributed by atoms with Crippen molar-refractivity contribution < 1.29 is 0 Å². The predicted octanol–water partition coefficient (Wildman–Crippen LogP) is 10.7. The lowest BCUT2D eigenvalue weighted by Gasteiger charge is -2.17. The van der Waals surface area contributed by atoms with Crippen molar-refractivity contribution in [3.05, 3.63) is 164 Å². The summed E-state index contributed by atoms with van der Waals surface area (Å²) in [6.45, 7) is 0. The molecule has 0 radical (unpaired) electrons. The average molecular weight is 603 g/mol. The third-order valence-corrected chi connectivity index (χ3v) is 9.21. The molecule has 0 bridgehead atoms. The van der Waals surface area contributed by atoms with E-state index >= 15 is 0 Å². The third kappa shape index (κ3) is 4.45. The molecule has 0 aliphatic heterocycles. The molecule has 0 amide bonds. The van der Waals surface area contributed by atoms with Crippen LogP contribution in [0, 0.1) is 0 Å². The Morgan fingerprint density at radius 3 is 1.89 bits per heavy atom. The number of fused-ring (bicyclic) bond motifs is 4. The standard InChI is InChI=1S/C43H30N4/c1-46-40-22-11-9-20-38(40)45-43(46)36-28-42-35(27-34(36)30-16-6-3-7-17-30)33-18-8-10-21-39(33)47(42)41-26-31(37-19-12-13-25-44-37)23-24-32(41)29-14-4-2-5-15-29/h2-28H,1H3. The van der Waals surface area contributed by atoms with Crippen LogP contribution in [0.5, 0.6) is 0 Å². The molecule has 3 heterocycles. The van der Waals surface area contributed by atoms with Gasteiger partial charge in [-0.25, -0.2) is 4.98 Å². The highest BCUT2D eigenvalue weighted by Crippen LogP contribution is 2.43. The van der Waals surface area contributed by atoms with Gasteiger partial charge in [0.2, 0.25) is 0 Å². The monoisotopic (exact) mass is 602 g/mol. The Balaban J connectivity index is 1.42. The van der Waals surface area contributed by atoms with Crippen molar-refractivity contribution in [2.45, 2.75) is 0 Å². The molecule has 0 atom stereocenters. The van der Waals surface area contributed by atoms with Crippen molar-refractivity contribution in [2.75, 3.05) is 0 Å². The minimum Gasteiger partial charge on any atom is -0.327 e. The minimum atomic E-state index is 0.939. The quantitative estimate of drug-likeness (QED) is 0.196. The van der Waals surface area contributed by atoms with Crippen LogP contribution in [-0.2, 0) is 7.05 Å². The number of aromatic nitrogens is 4. The smallest absolute Gasteiger partial charge is 0.141 e. The lowest BCUT2D eigenvalue weighted by atomic mass is 9.96. The second-order valence-corrected chi connectivity index (χ2v) is 11.9. The van der Waals surface area contributed by atoms with Crippen LogP contribution in [0.15, 0.2) is 164 Å². The molecule has 0 aliphatic carbocycles. The van der Waals surface area contributed by atoms with E-state index in [-0.39, 0.29) is 0 Å². The first-order valence-corrected chi connectivity index (χ1v) is 15.9. The summed E-state index contributed by atoms with van der Waals surface area (Å²) < 4.78 is 4.65. The fourth-order valence-electron chi connectivity index (χ4n) is 6.97. The van der Waals surface area contributed by atoms with Crippen LogP contribution in [-0.4, -0.2) is 19.1 Å². The van der Waals surface area contributed by atoms with Crippen LogP contribution >= 0.6 is 0 Å². The summed E-state index contributed by atoms with van der Waals surface area (Å²) in [6, 6.07) is 55.9. The molecular weight excluding hydrogens is 573 g/mol. The maximum absolute atomic E-state index is 5.20. The maximum atomic E-state index is 5.20. The Kier molecular flexibility index (Phi) is 6.32. The molecular formula is C43H30N4. The second kappa shape index (κ2) is 11.0. The van der Waals surface area contributed by atoms with Gasteiger partial charge in [-0.15, -0.1) is 0 Å². The summed E-state index contributed by atoms with van der Waals surface area (Å²) in [7, 11) is 2.11. The van der Waals surface area contributed by atoms with Crippen LogP contribution in [0.3, 0.4) is 0 Å². The van der Waals surface area contributed by atoms with Crippen molar-refractivity contribution in [2.24, 2.45) is 7.05 Å². The van der Waals surface area contributed by atoms with Gasteiger partial charge in [0.15, 0.2) is 0 Å². The molecule has 6 aromatic carbocycles. The highest BCUT2D eigenvalue weighted by atomic mass is 15.1. The molecule has 0 saturated carbocycles. The summed E-state index contributed by atoms with van der Waals surface area (Å²) in [6.07, 6.45) is 1.86. The third-order valence-electron chi connectivity index (χ3n) is 9.21. The number of imidazole rings is 1. The van der Waals surface area contributed by atoms with E-state index in [9.17, 15) is 0 Å². The first-order valence-electron chi connectivity index (χ1n) is 15.9. The van der Waals surface area contributed by atoms with Gasteiger partial charge in [0.1, 0.15) is 5.82 Å². The van der Waals surface area contributed by atoms with Gasteiger partial charge in [0, 0.05) is 40.7 Å². The lowest BCUT2D eigenvalue weighted by Crippen LogP contribution is -2.00. The number of benzene rings is 6. The SMILES string of the molecule is Cn1c(-c2cc3c(cc2-c2ccccc2)c2ccccc2n3-c2cc(-c3ccccn3)ccc2-c2ccccc2)nc2ccccc21. The fraction of sp³-hybridized carbons (Fsp3) is 0.0233. The van der Waals surface area contributed by atoms with E-state index in [0.717, 1.165) is 72.7 Å². The van der Waals surface area contributed by atoms with E-state index in [0.29, 0.717) is 0 Å². The average Bonchev–Trinajstić information content (AvgIpc) is 3.66. The molecule has 222 valence electrons. The number of rotatable bonds is 5. The second-order valence-electron chi connectivity index (χ2n) is 11.9. The molecule has 9 rings (SSSR count). The van der Waals surface area contributed by atoms with Crippen molar-refractivity contribution >= 4 is 32.8 Å². The van der Waals surface area contributed by atoms with Gasteiger partial charge >= 0.3 is 0 Å². The summed E-state index contributed by atoms with van der Waals surface area (Å²) in [5.41, 5.74) is 13.2. The summed E-state index contributed by atoms with van der Waals surface area (Å²) >= 11 is 0. The molecule has 0 unspecified atom stereocenters. The van der Waals surface area contributed by atoms with Gasteiger partial charge in [-0.1, -0.05) is 109 Å². The lowest BCUT2D eigenvalue weighted by molar-refractivity contribution is 0.960. The Bertz CT molecular complexity index is 2560. The molecule has 4 nitrogen and oxygen atoms in total. The number of pyridine rings is 1. The number of para-hydroxylation sites is 3. The maximum Gasteiger partial charge on any atom is 0.141 e. The van der Waals surface area contributed by atoms with Gasteiger partial charge in [-0.2, -0.15) is 0 Å². The molecule has 0 aliphatic rings. The zero-order chi connectivity index (χ0) is 31.3. The summed E-state index contributed by atoms with van der Waals surface area (Å²) in [4.78, 5) is 9.90. The van der Waals surface area contributed by atoms with Crippen molar-refractivity contribution in [1.29, 1.82) is 0 Å². The first-order chi connectivity index (χ1) is 23.2. The van der Waals surface area contributed by atoms with Crippen LogP contribution < -0.4 is 0 Å². The van der Waals surface area contributed by atoms with E-state index in [2.05, 4.69) is 162 Å². The van der Waals surface area contributed by atoms with Crippen LogP contribution in [0.1, 0.15) is 0 Å². The molecule has 4 heteroatoms. The van der Waals surface area contributed by atoms with E-state index in [4.69, 9.17) is 9.97 Å². The molecule has 3 aromatic heterocycles. The zero-order valence-corrected chi connectivity index (χ0v) is 25.9. The number of aryl methyl sites for hydroxylation is 1. The van der Waals surface area contributed by atoms with Gasteiger partial charge < -0.3 is 9.13 Å². The molecule has 9 aromatic rings. The summed E-state index contributed by atoms with van der Waals surface area (Å²) in [5.74, 6) is 0.939. The van der Waals surface area contributed by atoms with Crippen LogP contribution in [0.2, 0.25) is 0 Å². The largest absolute Gasteiger partial charge is 0.327 e. The van der Waals surface area contributed by atoms with E-state index in [1.54, 1.807) is 0 Å². The van der Waals surface area contributed by atoms with Crippen LogP contribution in [0.25, 0.3) is 83.4 Å². The molecule has 0 N–H and O–H groups in total. The topological polar surface area (TPSA) is 35.6 Å². The Morgan fingerprint density at radius 2 is 1.15 bits per heavy atom. The van der Waals surface area contributed by atoms with E-state index in [1.165, 1.54) is 10.8 Å². The van der Waals surface area contributed by atoms with E-state index < -0.39 is 0 Å².